The van der Waals surface area contributed by atoms with Gasteiger partial charge in [-0.25, -0.2) is 4.98 Å². The fourth-order valence-electron chi connectivity index (χ4n) is 2.64. The fourth-order valence-corrected chi connectivity index (χ4v) is 3.62. The van der Waals surface area contributed by atoms with Crippen LogP contribution in [-0.4, -0.2) is 16.7 Å². The van der Waals surface area contributed by atoms with Crippen molar-refractivity contribution in [1.29, 1.82) is 0 Å². The molecule has 0 fully saturated rings. The van der Waals surface area contributed by atoms with Crippen LogP contribution in [0.3, 0.4) is 0 Å². The van der Waals surface area contributed by atoms with Crippen LogP contribution in [-0.2, 0) is 12.3 Å². The quantitative estimate of drug-likeness (QED) is 0.463. The third-order valence-corrected chi connectivity index (χ3v) is 5.14. The first-order valence-electron chi connectivity index (χ1n) is 8.48. The van der Waals surface area contributed by atoms with Crippen LogP contribution < -0.4 is 10.3 Å². The van der Waals surface area contributed by atoms with E-state index >= 15 is 0 Å². The molecule has 3 rings (SSSR count). The van der Waals surface area contributed by atoms with Gasteiger partial charge >= 0.3 is 0 Å². The van der Waals surface area contributed by atoms with Crippen molar-refractivity contribution in [3.63, 3.8) is 0 Å². The van der Waals surface area contributed by atoms with E-state index in [0.717, 1.165) is 35.0 Å². The summed E-state index contributed by atoms with van der Waals surface area (Å²) in [6, 6.07) is 15.6. The lowest BCUT2D eigenvalue weighted by Gasteiger charge is -2.13. The number of hydrogen-bond donors (Lipinski definition) is 0. The number of para-hydroxylation sites is 1. The topological polar surface area (TPSA) is 44.1 Å². The molecule has 0 aliphatic carbocycles. The molecule has 0 saturated carbocycles. The van der Waals surface area contributed by atoms with Gasteiger partial charge in [0.25, 0.3) is 5.56 Å². The predicted octanol–water partition coefficient (Wildman–Crippen LogP) is 4.50. The molecule has 1 aromatic heterocycles. The van der Waals surface area contributed by atoms with Gasteiger partial charge in [0.15, 0.2) is 5.16 Å². The number of unbranched alkanes of at least 4 members (excludes halogenated alkanes) is 1. The average Bonchev–Trinajstić information content (AvgIpc) is 2.66. The fraction of sp³-hybridized carbons (Fsp3) is 0.300. The van der Waals surface area contributed by atoms with Gasteiger partial charge in [0.05, 0.1) is 18.0 Å². The van der Waals surface area contributed by atoms with E-state index in [4.69, 9.17) is 9.72 Å². The molecule has 0 saturated heterocycles. The van der Waals surface area contributed by atoms with Crippen LogP contribution in [0.1, 0.15) is 25.3 Å². The van der Waals surface area contributed by atoms with Crippen molar-refractivity contribution in [3.05, 3.63) is 64.4 Å². The lowest BCUT2D eigenvalue weighted by Crippen LogP contribution is -2.23. The molecule has 0 bridgehead atoms. The Labute approximate surface area is 151 Å². The maximum absolute atomic E-state index is 12.8. The zero-order valence-electron chi connectivity index (χ0n) is 14.6. The molecule has 25 heavy (non-hydrogen) atoms. The number of methoxy groups -OCH3 is 1. The van der Waals surface area contributed by atoms with Crippen molar-refractivity contribution in [1.82, 2.24) is 9.55 Å². The first kappa shape index (κ1) is 17.5. The third-order valence-electron chi connectivity index (χ3n) is 4.09. The lowest BCUT2D eigenvalue weighted by molar-refractivity contribution is 0.414. The van der Waals surface area contributed by atoms with Crippen LogP contribution in [0.25, 0.3) is 10.9 Å². The van der Waals surface area contributed by atoms with Crippen LogP contribution in [0.5, 0.6) is 5.75 Å². The van der Waals surface area contributed by atoms with Gasteiger partial charge in [0.1, 0.15) is 5.75 Å². The van der Waals surface area contributed by atoms with Crippen molar-refractivity contribution in [2.24, 2.45) is 0 Å². The van der Waals surface area contributed by atoms with Crippen molar-refractivity contribution in [2.45, 2.75) is 37.2 Å². The van der Waals surface area contributed by atoms with Gasteiger partial charge in [0.2, 0.25) is 0 Å². The molecule has 0 amide bonds. The molecule has 2 aromatic carbocycles. The Morgan fingerprint density at radius 2 is 1.88 bits per heavy atom. The van der Waals surface area contributed by atoms with Crippen molar-refractivity contribution in [2.75, 3.05) is 7.11 Å². The van der Waals surface area contributed by atoms with E-state index in [1.807, 2.05) is 53.1 Å². The minimum atomic E-state index is 0.0521. The summed E-state index contributed by atoms with van der Waals surface area (Å²) < 4.78 is 7.01. The molecule has 130 valence electrons. The van der Waals surface area contributed by atoms with Gasteiger partial charge in [-0.05, 0) is 36.2 Å². The first-order chi connectivity index (χ1) is 12.2. The van der Waals surface area contributed by atoms with E-state index < -0.39 is 0 Å². The van der Waals surface area contributed by atoms with Crippen LogP contribution >= 0.6 is 11.8 Å². The van der Waals surface area contributed by atoms with Crippen LogP contribution in [0, 0.1) is 0 Å². The summed E-state index contributed by atoms with van der Waals surface area (Å²) in [5.74, 6) is 1.61. The molecule has 0 radical (unpaired) electrons. The Bertz CT molecular complexity index is 904. The molecule has 0 aliphatic heterocycles. The molecule has 1 heterocycles. The van der Waals surface area contributed by atoms with Gasteiger partial charge in [-0.2, -0.15) is 0 Å². The largest absolute Gasteiger partial charge is 0.497 e. The van der Waals surface area contributed by atoms with Crippen molar-refractivity contribution >= 4 is 22.7 Å². The van der Waals surface area contributed by atoms with Crippen LogP contribution in [0.2, 0.25) is 0 Å². The summed E-state index contributed by atoms with van der Waals surface area (Å²) in [6.07, 6.45) is 2.01. The van der Waals surface area contributed by atoms with Gasteiger partial charge in [-0.1, -0.05) is 49.4 Å². The number of nitrogens with zero attached hydrogens (tertiary/aromatic N) is 2. The SMILES string of the molecule is CCCCn1c(SCc2ccc(OC)cc2)nc2ccccc2c1=O. The Hall–Kier alpha value is -2.27. The Kier molecular flexibility index (Phi) is 5.76. The van der Waals surface area contributed by atoms with E-state index in [-0.39, 0.29) is 5.56 Å². The number of thioether (sulfide) groups is 1. The van der Waals surface area contributed by atoms with Gasteiger partial charge in [0, 0.05) is 12.3 Å². The van der Waals surface area contributed by atoms with E-state index in [1.165, 1.54) is 5.56 Å². The molecule has 4 nitrogen and oxygen atoms in total. The molecular formula is C20H22N2O2S. The molecule has 3 aromatic rings. The Balaban J connectivity index is 1.91. The van der Waals surface area contributed by atoms with Crippen LogP contribution in [0.4, 0.5) is 0 Å². The lowest BCUT2D eigenvalue weighted by atomic mass is 10.2. The minimum Gasteiger partial charge on any atom is -0.497 e. The summed E-state index contributed by atoms with van der Waals surface area (Å²) in [5, 5.41) is 1.47. The van der Waals surface area contributed by atoms with E-state index in [9.17, 15) is 4.79 Å². The molecule has 0 unspecified atom stereocenters. The number of ether oxygens (including phenoxy) is 1. The molecule has 5 heteroatoms. The normalized spacial score (nSPS) is 11.0. The zero-order chi connectivity index (χ0) is 17.6. The molecule has 0 N–H and O–H groups in total. The smallest absolute Gasteiger partial charge is 0.262 e. The zero-order valence-corrected chi connectivity index (χ0v) is 15.4. The number of aromatic nitrogens is 2. The molecule has 0 spiro atoms. The summed E-state index contributed by atoms with van der Waals surface area (Å²) >= 11 is 1.60. The van der Waals surface area contributed by atoms with Crippen LogP contribution in [0.15, 0.2) is 58.5 Å². The van der Waals surface area contributed by atoms with E-state index in [0.29, 0.717) is 11.9 Å². The van der Waals surface area contributed by atoms with E-state index in [2.05, 4.69) is 6.92 Å². The van der Waals surface area contributed by atoms with Crippen molar-refractivity contribution in [3.8, 4) is 5.75 Å². The van der Waals surface area contributed by atoms with Gasteiger partial charge < -0.3 is 4.74 Å². The molecule has 0 atom stereocenters. The number of fused-ring (bicyclic) bond motifs is 1. The second-order valence-corrected chi connectivity index (χ2v) is 6.80. The monoisotopic (exact) mass is 354 g/mol. The average molecular weight is 354 g/mol. The molecular weight excluding hydrogens is 332 g/mol. The minimum absolute atomic E-state index is 0.0521. The molecule has 0 aliphatic rings. The number of hydrogen-bond acceptors (Lipinski definition) is 4. The standard InChI is InChI=1S/C20H22N2O2S/c1-3-4-13-22-19(23)17-7-5-6-8-18(17)21-20(22)25-14-15-9-11-16(24-2)12-10-15/h5-12H,3-4,13-14H2,1-2H3. The number of benzene rings is 2. The summed E-state index contributed by atoms with van der Waals surface area (Å²) in [5.41, 5.74) is 1.99. The Morgan fingerprint density at radius 3 is 2.60 bits per heavy atom. The highest BCUT2D eigenvalue weighted by molar-refractivity contribution is 7.98. The Morgan fingerprint density at radius 1 is 1.12 bits per heavy atom. The highest BCUT2D eigenvalue weighted by atomic mass is 32.2. The highest BCUT2D eigenvalue weighted by Gasteiger charge is 2.11. The third kappa shape index (κ3) is 4.04. The second kappa shape index (κ2) is 8.21. The highest BCUT2D eigenvalue weighted by Crippen LogP contribution is 2.23. The first-order valence-corrected chi connectivity index (χ1v) is 9.46. The number of rotatable bonds is 7. The van der Waals surface area contributed by atoms with Gasteiger partial charge in [-0.15, -0.1) is 0 Å². The van der Waals surface area contributed by atoms with E-state index in [1.54, 1.807) is 18.9 Å². The summed E-state index contributed by atoms with van der Waals surface area (Å²) in [7, 11) is 1.66. The van der Waals surface area contributed by atoms with Gasteiger partial charge in [-0.3, -0.25) is 9.36 Å². The maximum atomic E-state index is 12.8. The maximum Gasteiger partial charge on any atom is 0.262 e. The summed E-state index contributed by atoms with van der Waals surface area (Å²) in [4.78, 5) is 17.6. The predicted molar refractivity (Wildman–Crippen MR) is 103 cm³/mol. The second-order valence-electron chi connectivity index (χ2n) is 5.86. The van der Waals surface area contributed by atoms with Crippen molar-refractivity contribution < 1.29 is 4.74 Å². The summed E-state index contributed by atoms with van der Waals surface area (Å²) in [6.45, 7) is 2.84.